The number of benzene rings is 5. The Labute approximate surface area is 268 Å². The molecule has 0 aliphatic carbocycles. The number of carbonyl (C=O) groups is 3. The molecule has 0 fully saturated rings. The molecule has 0 aliphatic rings. The van der Waals surface area contributed by atoms with Crippen molar-refractivity contribution in [3.8, 4) is 0 Å². The zero-order valence-electron chi connectivity index (χ0n) is 25.3. The summed E-state index contributed by atoms with van der Waals surface area (Å²) in [5.41, 5.74) is 3.22. The minimum Gasteiger partial charge on any atom is -0.459 e. The summed E-state index contributed by atoms with van der Waals surface area (Å²) in [6, 6.07) is 39.5. The second-order valence-corrected chi connectivity index (χ2v) is 10.9. The number of aliphatic hydroxyl groups is 1. The number of ether oxygens (including phenoxy) is 2. The van der Waals surface area contributed by atoms with Crippen LogP contribution in [0.25, 0.3) is 10.8 Å². The van der Waals surface area contributed by atoms with Crippen molar-refractivity contribution in [3.05, 3.63) is 156 Å². The van der Waals surface area contributed by atoms with E-state index in [-0.39, 0.29) is 32.7 Å². The lowest BCUT2D eigenvalue weighted by atomic mass is 9.99. The summed E-state index contributed by atoms with van der Waals surface area (Å²) in [5, 5.41) is 15.6. The van der Waals surface area contributed by atoms with Gasteiger partial charge in [0, 0.05) is 13.0 Å². The largest absolute Gasteiger partial charge is 0.459 e. The molecule has 0 bridgehead atoms. The number of esters is 2. The van der Waals surface area contributed by atoms with Crippen LogP contribution in [0.4, 0.5) is 4.79 Å². The summed E-state index contributed by atoms with van der Waals surface area (Å²) in [5.74, 6) is -1.46. The molecule has 0 aromatic heterocycles. The Morgan fingerprint density at radius 3 is 1.78 bits per heavy atom. The molecule has 0 saturated heterocycles. The lowest BCUT2D eigenvalue weighted by Gasteiger charge is -2.27. The quantitative estimate of drug-likeness (QED) is 0.162. The van der Waals surface area contributed by atoms with Crippen LogP contribution in [0.2, 0.25) is 0 Å². The van der Waals surface area contributed by atoms with E-state index in [2.05, 4.69) is 5.32 Å². The van der Waals surface area contributed by atoms with E-state index in [9.17, 15) is 19.5 Å². The summed E-state index contributed by atoms with van der Waals surface area (Å²) in [6.45, 7) is -0.243. The maximum Gasteiger partial charge on any atom is 0.337 e. The van der Waals surface area contributed by atoms with Crippen LogP contribution in [0.5, 0.6) is 0 Å². The lowest BCUT2D eigenvalue weighted by Crippen LogP contribution is -2.51. The number of amides is 2. The normalized spacial score (nSPS) is 12.1. The van der Waals surface area contributed by atoms with Gasteiger partial charge < -0.3 is 24.8 Å². The fourth-order valence-corrected chi connectivity index (χ4v) is 5.08. The van der Waals surface area contributed by atoms with E-state index >= 15 is 0 Å². The SMILES string of the molecule is O=C(OCc1ccccc1)C(O)CN(Cc1ccccc1)C(=O)N[C@@H](Cc1cccc2ccccc12)C(=O)OCc1ccccc1. The molecule has 5 rings (SSSR count). The average molecular weight is 617 g/mol. The topological polar surface area (TPSA) is 105 Å². The van der Waals surface area contributed by atoms with Gasteiger partial charge in [-0.1, -0.05) is 133 Å². The van der Waals surface area contributed by atoms with Gasteiger partial charge in [-0.15, -0.1) is 0 Å². The molecule has 1 unspecified atom stereocenters. The number of hydrogen-bond acceptors (Lipinski definition) is 6. The Morgan fingerprint density at radius 2 is 1.15 bits per heavy atom. The highest BCUT2D eigenvalue weighted by molar-refractivity contribution is 5.88. The highest BCUT2D eigenvalue weighted by atomic mass is 16.5. The third kappa shape index (κ3) is 9.03. The van der Waals surface area contributed by atoms with Gasteiger partial charge in [0.05, 0.1) is 6.54 Å². The first-order chi connectivity index (χ1) is 22.5. The molecule has 0 spiro atoms. The van der Waals surface area contributed by atoms with Crippen LogP contribution in [0.3, 0.4) is 0 Å². The van der Waals surface area contributed by atoms with Gasteiger partial charge in [-0.05, 0) is 33.0 Å². The number of hydrogen-bond donors (Lipinski definition) is 2. The van der Waals surface area contributed by atoms with E-state index in [0.717, 1.165) is 33.0 Å². The number of nitrogens with one attached hydrogen (secondary N) is 1. The van der Waals surface area contributed by atoms with Crippen LogP contribution in [0.1, 0.15) is 22.3 Å². The number of aliphatic hydroxyl groups excluding tert-OH is 1. The molecule has 0 heterocycles. The molecule has 2 atom stereocenters. The fourth-order valence-electron chi connectivity index (χ4n) is 5.08. The molecule has 2 amide bonds. The van der Waals surface area contributed by atoms with Crippen molar-refractivity contribution >= 4 is 28.7 Å². The number of rotatable bonds is 13. The second-order valence-electron chi connectivity index (χ2n) is 10.9. The summed E-state index contributed by atoms with van der Waals surface area (Å²) < 4.78 is 11.0. The van der Waals surface area contributed by atoms with Gasteiger partial charge in [-0.2, -0.15) is 0 Å². The molecular formula is C38H36N2O6. The molecule has 0 aliphatic heterocycles. The predicted molar refractivity (Wildman–Crippen MR) is 175 cm³/mol. The van der Waals surface area contributed by atoms with Gasteiger partial charge in [-0.3, -0.25) is 0 Å². The van der Waals surface area contributed by atoms with Crippen molar-refractivity contribution in [1.82, 2.24) is 10.2 Å². The van der Waals surface area contributed by atoms with Crippen molar-refractivity contribution in [1.29, 1.82) is 0 Å². The molecule has 0 radical (unpaired) electrons. The molecular weight excluding hydrogens is 580 g/mol. The number of carbonyl (C=O) groups excluding carboxylic acids is 3. The number of nitrogens with zero attached hydrogens (tertiary/aromatic N) is 1. The second kappa shape index (κ2) is 16.0. The van der Waals surface area contributed by atoms with Gasteiger partial charge in [-0.25, -0.2) is 14.4 Å². The highest BCUT2D eigenvalue weighted by Gasteiger charge is 2.29. The van der Waals surface area contributed by atoms with Crippen molar-refractivity contribution in [2.24, 2.45) is 0 Å². The van der Waals surface area contributed by atoms with E-state index < -0.39 is 30.1 Å². The van der Waals surface area contributed by atoms with E-state index in [1.807, 2.05) is 133 Å². The molecule has 8 heteroatoms. The lowest BCUT2D eigenvalue weighted by molar-refractivity contribution is -0.155. The van der Waals surface area contributed by atoms with Crippen LogP contribution in [0.15, 0.2) is 133 Å². The first-order valence-corrected chi connectivity index (χ1v) is 15.1. The average Bonchev–Trinajstić information content (AvgIpc) is 3.10. The summed E-state index contributed by atoms with van der Waals surface area (Å²) in [6.07, 6.45) is -1.44. The molecule has 5 aromatic carbocycles. The Morgan fingerprint density at radius 1 is 0.630 bits per heavy atom. The van der Waals surface area contributed by atoms with Crippen molar-refractivity contribution in [2.45, 2.75) is 38.3 Å². The van der Waals surface area contributed by atoms with Crippen molar-refractivity contribution in [2.75, 3.05) is 6.54 Å². The minimum absolute atomic E-state index is 0.0119. The van der Waals surface area contributed by atoms with Gasteiger partial charge in [0.25, 0.3) is 0 Å². The predicted octanol–water partition coefficient (Wildman–Crippen LogP) is 5.81. The summed E-state index contributed by atoms with van der Waals surface area (Å²) in [7, 11) is 0. The third-order valence-corrected chi connectivity index (χ3v) is 7.50. The summed E-state index contributed by atoms with van der Waals surface area (Å²) >= 11 is 0. The first kappa shape index (κ1) is 31.9. The Hall–Kier alpha value is -5.47. The van der Waals surface area contributed by atoms with E-state index in [1.54, 1.807) is 0 Å². The van der Waals surface area contributed by atoms with Gasteiger partial charge >= 0.3 is 18.0 Å². The zero-order valence-corrected chi connectivity index (χ0v) is 25.3. The molecule has 2 N–H and O–H groups in total. The van der Waals surface area contributed by atoms with E-state index in [0.29, 0.717) is 0 Å². The van der Waals surface area contributed by atoms with Crippen molar-refractivity contribution < 1.29 is 29.0 Å². The molecule has 234 valence electrons. The van der Waals surface area contributed by atoms with E-state index in [4.69, 9.17) is 9.47 Å². The summed E-state index contributed by atoms with van der Waals surface area (Å²) in [4.78, 5) is 41.5. The Balaban J connectivity index is 1.35. The van der Waals surface area contributed by atoms with Crippen LogP contribution >= 0.6 is 0 Å². The van der Waals surface area contributed by atoms with Gasteiger partial charge in [0.2, 0.25) is 0 Å². The minimum atomic E-state index is -1.61. The highest BCUT2D eigenvalue weighted by Crippen LogP contribution is 2.21. The van der Waals surface area contributed by atoms with E-state index in [1.165, 1.54) is 4.90 Å². The van der Waals surface area contributed by atoms with Crippen LogP contribution in [0, 0.1) is 0 Å². The maximum atomic E-state index is 13.9. The van der Waals surface area contributed by atoms with Crippen LogP contribution < -0.4 is 5.32 Å². The smallest absolute Gasteiger partial charge is 0.337 e. The monoisotopic (exact) mass is 616 g/mol. The first-order valence-electron chi connectivity index (χ1n) is 15.1. The van der Waals surface area contributed by atoms with Crippen LogP contribution in [-0.2, 0) is 45.2 Å². The van der Waals surface area contributed by atoms with Gasteiger partial charge in [0.15, 0.2) is 6.10 Å². The molecule has 46 heavy (non-hydrogen) atoms. The zero-order chi connectivity index (χ0) is 32.1. The molecule has 5 aromatic rings. The third-order valence-electron chi connectivity index (χ3n) is 7.50. The Bertz CT molecular complexity index is 1720. The molecule has 0 saturated carbocycles. The standard InChI is InChI=1S/C38H36N2O6/c41-35(37(43)46-27-30-17-8-3-9-18-30)25-40(24-28-13-4-1-5-14-28)38(44)39-34(36(42)45-26-29-15-6-2-7-16-29)23-32-21-12-20-31-19-10-11-22-33(31)32/h1-22,34-35,41H,23-27H2,(H,39,44)/t34-,35?/m0/s1. The molecule has 8 nitrogen and oxygen atoms in total. The Kier molecular flexibility index (Phi) is 11.1. The number of urea groups is 1. The van der Waals surface area contributed by atoms with Gasteiger partial charge in [0.1, 0.15) is 19.3 Å². The maximum absolute atomic E-state index is 13.9. The number of fused-ring (bicyclic) bond motifs is 1. The fraction of sp³-hybridized carbons (Fsp3) is 0.184. The van der Waals surface area contributed by atoms with Crippen LogP contribution in [-0.4, -0.2) is 46.7 Å². The van der Waals surface area contributed by atoms with Crippen molar-refractivity contribution in [3.63, 3.8) is 0 Å².